The summed E-state index contributed by atoms with van der Waals surface area (Å²) in [5.74, 6) is 6.39. The third kappa shape index (κ3) is 3.62. The third-order valence-corrected chi connectivity index (χ3v) is 4.08. The molecule has 0 unspecified atom stereocenters. The lowest BCUT2D eigenvalue weighted by Crippen LogP contribution is -2.32. The number of aliphatic hydroxyl groups is 1. The van der Waals surface area contributed by atoms with Crippen LogP contribution in [0.5, 0.6) is 0 Å². The highest BCUT2D eigenvalue weighted by Crippen LogP contribution is 2.28. The summed E-state index contributed by atoms with van der Waals surface area (Å²) in [5, 5.41) is 10.9. The van der Waals surface area contributed by atoms with Crippen LogP contribution in [0.1, 0.15) is 38.7 Å². The largest absolute Gasteiger partial charge is 0.373 e. The highest BCUT2D eigenvalue weighted by Gasteiger charge is 2.30. The van der Waals surface area contributed by atoms with Gasteiger partial charge in [-0.2, -0.15) is 0 Å². The maximum absolute atomic E-state index is 10.9. The monoisotopic (exact) mass is 271 g/mol. The summed E-state index contributed by atoms with van der Waals surface area (Å²) in [5.41, 5.74) is -0.155. The van der Waals surface area contributed by atoms with Gasteiger partial charge in [0.1, 0.15) is 0 Å². The van der Waals surface area contributed by atoms with Crippen molar-refractivity contribution >= 4 is 0 Å². The van der Waals surface area contributed by atoms with Crippen molar-refractivity contribution in [3.05, 3.63) is 35.9 Å². The normalized spacial score (nSPS) is 19.2. The number of likely N-dealkylation sites (tertiary alicyclic amines) is 1. The first-order chi connectivity index (χ1) is 9.63. The molecule has 1 saturated heterocycles. The molecule has 1 aromatic carbocycles. The Bertz CT molecular complexity index is 465. The molecular weight excluding hydrogens is 246 g/mol. The zero-order chi connectivity index (χ0) is 14.4. The molecule has 20 heavy (non-hydrogen) atoms. The quantitative estimate of drug-likeness (QED) is 0.854. The highest BCUT2D eigenvalue weighted by atomic mass is 16.3. The van der Waals surface area contributed by atoms with E-state index in [1.165, 1.54) is 19.3 Å². The average Bonchev–Trinajstić information content (AvgIpc) is 2.49. The predicted molar refractivity (Wildman–Crippen MR) is 83.2 cm³/mol. The summed E-state index contributed by atoms with van der Waals surface area (Å²) in [6.45, 7) is 7.08. The second-order valence-corrected chi connectivity index (χ2v) is 5.93. The molecule has 1 heterocycles. The van der Waals surface area contributed by atoms with Crippen molar-refractivity contribution in [2.45, 2.75) is 38.7 Å². The standard InChI is InChI=1S/C18H25NO/c1-16(2)18(20,17-10-5-3-6-11-17)12-9-15-19-13-7-4-8-14-19/h3,5-6,10-11,16,20H,4,7-8,13-15H2,1-2H3/t18-/m1/s1. The lowest BCUT2D eigenvalue weighted by atomic mass is 9.84. The molecule has 1 fully saturated rings. The predicted octanol–water partition coefficient (Wildman–Crippen LogP) is 3.02. The first kappa shape index (κ1) is 15.1. The van der Waals surface area contributed by atoms with Gasteiger partial charge in [-0.05, 0) is 37.4 Å². The number of piperidine rings is 1. The molecule has 0 radical (unpaired) electrons. The summed E-state index contributed by atoms with van der Waals surface area (Å²) in [7, 11) is 0. The van der Waals surface area contributed by atoms with Gasteiger partial charge < -0.3 is 5.11 Å². The molecule has 1 aliphatic heterocycles. The fourth-order valence-corrected chi connectivity index (χ4v) is 2.65. The summed E-state index contributed by atoms with van der Waals surface area (Å²) in [4.78, 5) is 2.38. The topological polar surface area (TPSA) is 23.5 Å². The van der Waals surface area contributed by atoms with Gasteiger partial charge in [-0.3, -0.25) is 4.90 Å². The van der Waals surface area contributed by atoms with E-state index in [0.717, 1.165) is 25.2 Å². The zero-order valence-electron chi connectivity index (χ0n) is 12.6. The molecule has 0 aromatic heterocycles. The van der Waals surface area contributed by atoms with Crippen LogP contribution in [-0.2, 0) is 5.60 Å². The van der Waals surface area contributed by atoms with Crippen molar-refractivity contribution in [3.8, 4) is 11.8 Å². The van der Waals surface area contributed by atoms with Crippen LogP contribution in [0.4, 0.5) is 0 Å². The smallest absolute Gasteiger partial charge is 0.153 e. The second kappa shape index (κ2) is 6.92. The second-order valence-electron chi connectivity index (χ2n) is 5.93. The first-order valence-electron chi connectivity index (χ1n) is 7.63. The van der Waals surface area contributed by atoms with Gasteiger partial charge in [0.2, 0.25) is 0 Å². The summed E-state index contributed by atoms with van der Waals surface area (Å²) >= 11 is 0. The van der Waals surface area contributed by atoms with Crippen molar-refractivity contribution < 1.29 is 5.11 Å². The maximum atomic E-state index is 10.9. The summed E-state index contributed by atoms with van der Waals surface area (Å²) in [6.07, 6.45) is 3.88. The van der Waals surface area contributed by atoms with E-state index in [9.17, 15) is 5.11 Å². The molecule has 2 nitrogen and oxygen atoms in total. The van der Waals surface area contributed by atoms with Crippen molar-refractivity contribution in [1.29, 1.82) is 0 Å². The number of hydrogen-bond donors (Lipinski definition) is 1. The number of benzene rings is 1. The van der Waals surface area contributed by atoms with Gasteiger partial charge in [0.05, 0.1) is 6.54 Å². The van der Waals surface area contributed by atoms with Gasteiger partial charge in [0, 0.05) is 0 Å². The highest BCUT2D eigenvalue weighted by molar-refractivity contribution is 5.32. The van der Waals surface area contributed by atoms with Crippen molar-refractivity contribution in [1.82, 2.24) is 4.90 Å². The first-order valence-corrected chi connectivity index (χ1v) is 7.63. The van der Waals surface area contributed by atoms with Crippen LogP contribution in [0.25, 0.3) is 0 Å². The van der Waals surface area contributed by atoms with Crippen LogP contribution in [0.3, 0.4) is 0 Å². The van der Waals surface area contributed by atoms with E-state index in [-0.39, 0.29) is 5.92 Å². The summed E-state index contributed by atoms with van der Waals surface area (Å²) in [6, 6.07) is 9.78. The minimum absolute atomic E-state index is 0.0683. The van der Waals surface area contributed by atoms with Crippen LogP contribution < -0.4 is 0 Å². The summed E-state index contributed by atoms with van der Waals surface area (Å²) < 4.78 is 0. The van der Waals surface area contributed by atoms with Gasteiger partial charge >= 0.3 is 0 Å². The van der Waals surface area contributed by atoms with E-state index < -0.39 is 5.60 Å². The molecule has 0 saturated carbocycles. The Morgan fingerprint density at radius 3 is 2.40 bits per heavy atom. The Morgan fingerprint density at radius 2 is 1.80 bits per heavy atom. The molecule has 0 spiro atoms. The Morgan fingerprint density at radius 1 is 1.15 bits per heavy atom. The minimum Gasteiger partial charge on any atom is -0.373 e. The van der Waals surface area contributed by atoms with E-state index >= 15 is 0 Å². The fourth-order valence-electron chi connectivity index (χ4n) is 2.65. The van der Waals surface area contributed by atoms with Crippen molar-refractivity contribution in [2.75, 3.05) is 19.6 Å². The lowest BCUT2D eigenvalue weighted by Gasteiger charge is -2.28. The number of hydrogen-bond acceptors (Lipinski definition) is 2. The van der Waals surface area contributed by atoms with Crippen LogP contribution in [-0.4, -0.2) is 29.6 Å². The molecule has 0 amide bonds. The van der Waals surface area contributed by atoms with E-state index in [1.807, 2.05) is 44.2 Å². The molecule has 108 valence electrons. The Balaban J connectivity index is 2.10. The Kier molecular flexibility index (Phi) is 5.23. The molecule has 1 aromatic rings. The van der Waals surface area contributed by atoms with Gasteiger partial charge in [-0.1, -0.05) is 62.4 Å². The van der Waals surface area contributed by atoms with Crippen molar-refractivity contribution in [3.63, 3.8) is 0 Å². The van der Waals surface area contributed by atoms with Crippen LogP contribution in [0.2, 0.25) is 0 Å². The van der Waals surface area contributed by atoms with Crippen molar-refractivity contribution in [2.24, 2.45) is 5.92 Å². The molecule has 2 heteroatoms. The Labute approximate surface area is 122 Å². The van der Waals surface area contributed by atoms with E-state index in [1.54, 1.807) is 0 Å². The SMILES string of the molecule is CC(C)[C@](O)(C#CCN1CCCCC1)c1ccccc1. The molecule has 1 N–H and O–H groups in total. The molecule has 0 bridgehead atoms. The van der Waals surface area contributed by atoms with Gasteiger partial charge in [0.25, 0.3) is 0 Å². The van der Waals surface area contributed by atoms with E-state index in [2.05, 4.69) is 16.7 Å². The zero-order valence-corrected chi connectivity index (χ0v) is 12.6. The fraction of sp³-hybridized carbons (Fsp3) is 0.556. The maximum Gasteiger partial charge on any atom is 0.153 e. The number of rotatable bonds is 3. The van der Waals surface area contributed by atoms with Gasteiger partial charge in [-0.15, -0.1) is 0 Å². The minimum atomic E-state index is -1.04. The van der Waals surface area contributed by atoms with E-state index in [4.69, 9.17) is 0 Å². The molecule has 1 atom stereocenters. The molecular formula is C18H25NO. The molecule has 0 aliphatic carbocycles. The number of nitrogens with zero attached hydrogens (tertiary/aromatic N) is 1. The van der Waals surface area contributed by atoms with Crippen LogP contribution >= 0.6 is 0 Å². The molecule has 1 aliphatic rings. The third-order valence-electron chi connectivity index (χ3n) is 4.08. The van der Waals surface area contributed by atoms with E-state index in [0.29, 0.717) is 0 Å². The molecule has 2 rings (SSSR count). The van der Waals surface area contributed by atoms with Gasteiger partial charge in [-0.25, -0.2) is 0 Å². The Hall–Kier alpha value is -1.30. The lowest BCUT2D eigenvalue weighted by molar-refractivity contribution is 0.0501. The van der Waals surface area contributed by atoms with Crippen LogP contribution in [0.15, 0.2) is 30.3 Å². The average molecular weight is 271 g/mol. The van der Waals surface area contributed by atoms with Crippen LogP contribution in [0, 0.1) is 17.8 Å². The van der Waals surface area contributed by atoms with Gasteiger partial charge in [0.15, 0.2) is 5.60 Å².